The van der Waals surface area contributed by atoms with Crippen molar-refractivity contribution < 1.29 is 0 Å². The molecule has 0 aliphatic rings. The fraction of sp³-hybridized carbons (Fsp3) is 0.600. The first-order chi connectivity index (χ1) is 5.75. The van der Waals surface area contributed by atoms with Gasteiger partial charge in [-0.3, -0.25) is 9.97 Å². The summed E-state index contributed by atoms with van der Waals surface area (Å²) < 4.78 is 0. The second-order valence-electron chi connectivity index (χ2n) is 3.39. The molecule has 0 saturated heterocycles. The predicted molar refractivity (Wildman–Crippen MR) is 49.9 cm³/mol. The highest BCUT2D eigenvalue weighted by Gasteiger charge is 2.14. The van der Waals surface area contributed by atoms with Gasteiger partial charge >= 0.3 is 0 Å². The molecule has 0 saturated carbocycles. The van der Waals surface area contributed by atoms with E-state index in [1.807, 2.05) is 6.20 Å². The molecular weight excluding hydrogens is 148 g/mol. The highest BCUT2D eigenvalue weighted by molar-refractivity contribution is 5.03. The SMILES string of the molecule is CCC(c1cnccn1)C(C)C. The maximum Gasteiger partial charge on any atom is 0.0619 e. The van der Waals surface area contributed by atoms with Crippen LogP contribution in [0.2, 0.25) is 0 Å². The Morgan fingerprint density at radius 2 is 2.08 bits per heavy atom. The van der Waals surface area contributed by atoms with Crippen LogP contribution in [0, 0.1) is 5.92 Å². The van der Waals surface area contributed by atoms with Gasteiger partial charge in [0.2, 0.25) is 0 Å². The maximum absolute atomic E-state index is 4.31. The van der Waals surface area contributed by atoms with Gasteiger partial charge in [0.1, 0.15) is 0 Å². The molecule has 0 aliphatic heterocycles. The van der Waals surface area contributed by atoms with Gasteiger partial charge in [0.15, 0.2) is 0 Å². The largest absolute Gasteiger partial charge is 0.261 e. The smallest absolute Gasteiger partial charge is 0.0619 e. The quantitative estimate of drug-likeness (QED) is 0.686. The van der Waals surface area contributed by atoms with Crippen molar-refractivity contribution in [3.8, 4) is 0 Å². The Balaban J connectivity index is 2.80. The van der Waals surface area contributed by atoms with Crippen LogP contribution in [0.5, 0.6) is 0 Å². The van der Waals surface area contributed by atoms with Crippen LogP contribution >= 0.6 is 0 Å². The number of hydrogen-bond donors (Lipinski definition) is 0. The van der Waals surface area contributed by atoms with Crippen LogP contribution in [0.15, 0.2) is 18.6 Å². The van der Waals surface area contributed by atoms with Crippen molar-refractivity contribution >= 4 is 0 Å². The second-order valence-corrected chi connectivity index (χ2v) is 3.39. The molecule has 1 rings (SSSR count). The molecule has 0 fully saturated rings. The minimum atomic E-state index is 0.554. The van der Waals surface area contributed by atoms with Crippen molar-refractivity contribution in [2.45, 2.75) is 33.1 Å². The number of nitrogens with zero attached hydrogens (tertiary/aromatic N) is 2. The van der Waals surface area contributed by atoms with Gasteiger partial charge in [0, 0.05) is 24.5 Å². The van der Waals surface area contributed by atoms with Crippen LogP contribution in [0.25, 0.3) is 0 Å². The Morgan fingerprint density at radius 1 is 1.33 bits per heavy atom. The van der Waals surface area contributed by atoms with Gasteiger partial charge < -0.3 is 0 Å². The average molecular weight is 164 g/mol. The van der Waals surface area contributed by atoms with E-state index in [-0.39, 0.29) is 0 Å². The van der Waals surface area contributed by atoms with Crippen molar-refractivity contribution in [2.24, 2.45) is 5.92 Å². The van der Waals surface area contributed by atoms with E-state index in [0.29, 0.717) is 11.8 Å². The molecule has 1 atom stereocenters. The highest BCUT2D eigenvalue weighted by atomic mass is 14.8. The molecule has 0 aliphatic carbocycles. The van der Waals surface area contributed by atoms with Crippen LogP contribution in [-0.4, -0.2) is 9.97 Å². The first-order valence-electron chi connectivity index (χ1n) is 4.51. The van der Waals surface area contributed by atoms with E-state index in [1.54, 1.807) is 12.4 Å². The topological polar surface area (TPSA) is 25.8 Å². The molecule has 2 heteroatoms. The molecule has 1 aromatic rings. The average Bonchev–Trinajstić information content (AvgIpc) is 2.07. The third-order valence-electron chi connectivity index (χ3n) is 2.21. The van der Waals surface area contributed by atoms with Crippen LogP contribution in [-0.2, 0) is 0 Å². The van der Waals surface area contributed by atoms with Crippen molar-refractivity contribution in [2.75, 3.05) is 0 Å². The third kappa shape index (κ3) is 2.03. The van der Waals surface area contributed by atoms with Gasteiger partial charge in [-0.15, -0.1) is 0 Å². The molecule has 2 nitrogen and oxygen atoms in total. The van der Waals surface area contributed by atoms with E-state index in [2.05, 4.69) is 30.7 Å². The van der Waals surface area contributed by atoms with Gasteiger partial charge in [-0.05, 0) is 12.3 Å². The molecule has 1 unspecified atom stereocenters. The van der Waals surface area contributed by atoms with Gasteiger partial charge in [0.25, 0.3) is 0 Å². The van der Waals surface area contributed by atoms with Crippen LogP contribution in [0.3, 0.4) is 0 Å². The monoisotopic (exact) mass is 164 g/mol. The Bertz CT molecular complexity index is 219. The number of rotatable bonds is 3. The van der Waals surface area contributed by atoms with E-state index in [0.717, 1.165) is 12.1 Å². The lowest BCUT2D eigenvalue weighted by Gasteiger charge is -2.17. The van der Waals surface area contributed by atoms with Gasteiger partial charge in [0.05, 0.1) is 5.69 Å². The first kappa shape index (κ1) is 9.17. The van der Waals surface area contributed by atoms with Crippen molar-refractivity contribution in [3.05, 3.63) is 24.3 Å². The number of aromatic nitrogens is 2. The summed E-state index contributed by atoms with van der Waals surface area (Å²) in [6, 6.07) is 0. The molecular formula is C10H16N2. The molecule has 0 radical (unpaired) electrons. The van der Waals surface area contributed by atoms with Crippen LogP contribution in [0.4, 0.5) is 0 Å². The minimum Gasteiger partial charge on any atom is -0.261 e. The zero-order valence-electron chi connectivity index (χ0n) is 7.99. The van der Waals surface area contributed by atoms with Crippen LogP contribution < -0.4 is 0 Å². The summed E-state index contributed by atoms with van der Waals surface area (Å²) in [5.74, 6) is 1.20. The summed E-state index contributed by atoms with van der Waals surface area (Å²) in [6.07, 6.45) is 6.49. The Labute approximate surface area is 74.1 Å². The molecule has 1 heterocycles. The lowest BCUT2D eigenvalue weighted by molar-refractivity contribution is 0.473. The minimum absolute atomic E-state index is 0.554. The zero-order valence-corrected chi connectivity index (χ0v) is 7.99. The third-order valence-corrected chi connectivity index (χ3v) is 2.21. The number of hydrogen-bond acceptors (Lipinski definition) is 2. The maximum atomic E-state index is 4.31. The summed E-state index contributed by atoms with van der Waals surface area (Å²) in [5, 5.41) is 0. The van der Waals surface area contributed by atoms with Gasteiger partial charge in [-0.25, -0.2) is 0 Å². The Hall–Kier alpha value is -0.920. The summed E-state index contributed by atoms with van der Waals surface area (Å²) >= 11 is 0. The molecule has 0 spiro atoms. The lowest BCUT2D eigenvalue weighted by Crippen LogP contribution is -2.07. The fourth-order valence-electron chi connectivity index (χ4n) is 1.52. The van der Waals surface area contributed by atoms with E-state index >= 15 is 0 Å². The molecule has 66 valence electrons. The first-order valence-corrected chi connectivity index (χ1v) is 4.51. The molecule has 1 aromatic heterocycles. The summed E-state index contributed by atoms with van der Waals surface area (Å²) in [7, 11) is 0. The summed E-state index contributed by atoms with van der Waals surface area (Å²) in [5.41, 5.74) is 1.12. The van der Waals surface area contributed by atoms with E-state index < -0.39 is 0 Å². The van der Waals surface area contributed by atoms with E-state index in [1.165, 1.54) is 0 Å². The van der Waals surface area contributed by atoms with Gasteiger partial charge in [-0.2, -0.15) is 0 Å². The predicted octanol–water partition coefficient (Wildman–Crippen LogP) is 2.63. The van der Waals surface area contributed by atoms with Crippen molar-refractivity contribution in [1.29, 1.82) is 0 Å². The standard InChI is InChI=1S/C10H16N2/c1-4-9(8(2)3)10-7-11-5-6-12-10/h5-9H,4H2,1-3H3. The van der Waals surface area contributed by atoms with Crippen molar-refractivity contribution in [3.63, 3.8) is 0 Å². The normalized spacial score (nSPS) is 13.3. The summed E-state index contributed by atoms with van der Waals surface area (Å²) in [6.45, 7) is 6.64. The Kier molecular flexibility index (Phi) is 3.20. The highest BCUT2D eigenvalue weighted by Crippen LogP contribution is 2.24. The zero-order chi connectivity index (χ0) is 8.97. The van der Waals surface area contributed by atoms with Gasteiger partial charge in [-0.1, -0.05) is 20.8 Å². The molecule has 0 amide bonds. The van der Waals surface area contributed by atoms with E-state index in [9.17, 15) is 0 Å². The second kappa shape index (κ2) is 4.19. The fourth-order valence-corrected chi connectivity index (χ4v) is 1.52. The molecule has 12 heavy (non-hydrogen) atoms. The summed E-state index contributed by atoms with van der Waals surface area (Å²) in [4.78, 5) is 8.38. The Morgan fingerprint density at radius 3 is 2.50 bits per heavy atom. The molecule has 0 bridgehead atoms. The van der Waals surface area contributed by atoms with Crippen LogP contribution in [0.1, 0.15) is 38.8 Å². The van der Waals surface area contributed by atoms with E-state index in [4.69, 9.17) is 0 Å². The molecule has 0 N–H and O–H groups in total. The lowest BCUT2D eigenvalue weighted by atomic mass is 9.90. The van der Waals surface area contributed by atoms with Crippen molar-refractivity contribution in [1.82, 2.24) is 9.97 Å². The molecule has 0 aromatic carbocycles.